The molecule has 1 aliphatic rings. The Hall–Kier alpha value is -3.95. The minimum atomic E-state index is -0.361. The molecule has 1 saturated heterocycles. The van der Waals surface area contributed by atoms with Gasteiger partial charge in [-0.2, -0.15) is 4.98 Å². The molecule has 3 amide bonds. The molecule has 1 aliphatic heterocycles. The van der Waals surface area contributed by atoms with Crippen molar-refractivity contribution in [3.05, 3.63) is 54.6 Å². The quantitative estimate of drug-likeness (QED) is 0.560. The van der Waals surface area contributed by atoms with Crippen LogP contribution in [0.25, 0.3) is 11.4 Å². The Morgan fingerprint density at radius 1 is 1.03 bits per heavy atom. The molecule has 0 aliphatic carbocycles. The number of aromatic nitrogens is 3. The zero-order chi connectivity index (χ0) is 24.8. The Kier molecular flexibility index (Phi) is 7.28. The molecule has 1 fully saturated rings. The van der Waals surface area contributed by atoms with Crippen molar-refractivity contribution in [3.63, 3.8) is 0 Å². The fourth-order valence-electron chi connectivity index (χ4n) is 3.69. The second-order valence-corrected chi connectivity index (χ2v) is 9.44. The number of carbonyl (C=O) groups excluding carboxylic acids is 2. The topological polar surface area (TPSA) is 116 Å². The highest BCUT2D eigenvalue weighted by Gasteiger charge is 2.23. The monoisotopic (exact) mass is 477 g/mol. The first-order chi connectivity index (χ1) is 16.8. The highest BCUT2D eigenvalue weighted by atomic mass is 16.5. The molecule has 35 heavy (non-hydrogen) atoms. The van der Waals surface area contributed by atoms with Gasteiger partial charge in [0.1, 0.15) is 5.82 Å². The van der Waals surface area contributed by atoms with Crippen molar-refractivity contribution in [1.29, 1.82) is 0 Å². The van der Waals surface area contributed by atoms with Crippen LogP contribution < -0.4 is 15.5 Å². The number of piperazine rings is 1. The zero-order valence-electron chi connectivity index (χ0n) is 20.3. The summed E-state index contributed by atoms with van der Waals surface area (Å²) in [5.41, 5.74) is 1.20. The predicted molar refractivity (Wildman–Crippen MR) is 133 cm³/mol. The highest BCUT2D eigenvalue weighted by molar-refractivity contribution is 5.89. The largest absolute Gasteiger partial charge is 0.353 e. The lowest BCUT2D eigenvalue weighted by Crippen LogP contribution is -2.49. The Labute approximate surface area is 204 Å². The van der Waals surface area contributed by atoms with Crippen LogP contribution in [0, 0.1) is 0 Å². The van der Waals surface area contributed by atoms with E-state index in [1.165, 1.54) is 0 Å². The van der Waals surface area contributed by atoms with Crippen LogP contribution in [0.1, 0.15) is 33.1 Å². The van der Waals surface area contributed by atoms with Crippen molar-refractivity contribution < 1.29 is 14.1 Å². The van der Waals surface area contributed by atoms with Crippen LogP contribution in [0.5, 0.6) is 0 Å². The maximum Gasteiger partial charge on any atom is 0.319 e. The molecule has 0 atom stereocenters. The van der Waals surface area contributed by atoms with Gasteiger partial charge in [0.2, 0.25) is 17.6 Å². The smallest absolute Gasteiger partial charge is 0.319 e. The van der Waals surface area contributed by atoms with Gasteiger partial charge in [0.15, 0.2) is 0 Å². The van der Waals surface area contributed by atoms with Gasteiger partial charge in [0.25, 0.3) is 0 Å². The fourth-order valence-corrected chi connectivity index (χ4v) is 3.69. The van der Waals surface area contributed by atoms with Gasteiger partial charge in [-0.05, 0) is 36.4 Å². The maximum absolute atomic E-state index is 12.5. The lowest BCUT2D eigenvalue weighted by Gasteiger charge is -2.35. The van der Waals surface area contributed by atoms with E-state index in [0.717, 1.165) is 24.5 Å². The fraction of sp³-hybridized carbons (Fsp3) is 0.400. The summed E-state index contributed by atoms with van der Waals surface area (Å²) in [5.74, 6) is 2.03. The number of anilines is 2. The molecule has 0 spiro atoms. The summed E-state index contributed by atoms with van der Waals surface area (Å²) in [6.07, 6.45) is 2.03. The number of carbonyl (C=O) groups is 2. The van der Waals surface area contributed by atoms with Crippen LogP contribution >= 0.6 is 0 Å². The van der Waals surface area contributed by atoms with E-state index in [9.17, 15) is 9.59 Å². The summed E-state index contributed by atoms with van der Waals surface area (Å²) >= 11 is 0. The number of hydrogen-bond donors (Lipinski definition) is 2. The number of rotatable bonds is 6. The van der Waals surface area contributed by atoms with E-state index in [4.69, 9.17) is 4.52 Å². The van der Waals surface area contributed by atoms with E-state index in [2.05, 4.69) is 30.7 Å². The Morgan fingerprint density at radius 2 is 1.77 bits per heavy atom. The predicted octanol–water partition coefficient (Wildman–Crippen LogP) is 3.29. The van der Waals surface area contributed by atoms with Crippen molar-refractivity contribution in [2.24, 2.45) is 0 Å². The summed E-state index contributed by atoms with van der Waals surface area (Å²) in [5, 5.41) is 9.55. The molecule has 3 heterocycles. The SMILES string of the molecule is CC(C)(C)c1nc(-c2ccc(NC(=O)NCCC(=O)N3CCN(c4ccccn4)CC3)cc2)no1. The third-order valence-electron chi connectivity index (χ3n) is 5.70. The molecule has 0 unspecified atom stereocenters. The molecule has 1 aromatic carbocycles. The van der Waals surface area contributed by atoms with Crippen molar-refractivity contribution in [2.75, 3.05) is 42.9 Å². The van der Waals surface area contributed by atoms with Crippen molar-refractivity contribution in [3.8, 4) is 11.4 Å². The van der Waals surface area contributed by atoms with Gasteiger partial charge in [0.05, 0.1) is 0 Å². The zero-order valence-corrected chi connectivity index (χ0v) is 20.3. The minimum Gasteiger partial charge on any atom is -0.353 e. The molecule has 3 aromatic rings. The van der Waals surface area contributed by atoms with Crippen molar-refractivity contribution >= 4 is 23.4 Å². The first kappa shape index (κ1) is 24.2. The van der Waals surface area contributed by atoms with E-state index in [0.29, 0.717) is 30.5 Å². The summed E-state index contributed by atoms with van der Waals surface area (Å²) in [4.78, 5) is 37.6. The van der Waals surface area contributed by atoms with Crippen LogP contribution in [-0.4, -0.2) is 64.7 Å². The average molecular weight is 478 g/mol. The number of benzene rings is 1. The third kappa shape index (κ3) is 6.34. The minimum absolute atomic E-state index is 0.0325. The summed E-state index contributed by atoms with van der Waals surface area (Å²) < 4.78 is 5.33. The van der Waals surface area contributed by atoms with Crippen LogP contribution in [0.4, 0.5) is 16.3 Å². The molecule has 2 aromatic heterocycles. The Balaban J connectivity index is 1.18. The van der Waals surface area contributed by atoms with Crippen LogP contribution in [0.2, 0.25) is 0 Å². The number of nitrogens with one attached hydrogen (secondary N) is 2. The Morgan fingerprint density at radius 3 is 2.40 bits per heavy atom. The van der Waals surface area contributed by atoms with Crippen molar-refractivity contribution in [1.82, 2.24) is 25.3 Å². The molecule has 0 saturated carbocycles. The van der Waals surface area contributed by atoms with Gasteiger partial charge in [-0.3, -0.25) is 4.79 Å². The molecule has 0 bridgehead atoms. The second-order valence-electron chi connectivity index (χ2n) is 9.44. The molecular formula is C25H31N7O3. The standard InChI is InChI=1S/C25H31N7O3/c1-25(2,3)23-29-22(30-35-23)18-7-9-19(10-8-18)28-24(34)27-13-11-21(33)32-16-14-31(15-17-32)20-6-4-5-12-26-20/h4-10,12H,11,13-17H2,1-3H3,(H2,27,28,34). The van der Waals surface area contributed by atoms with Crippen LogP contribution in [0.15, 0.2) is 53.2 Å². The van der Waals surface area contributed by atoms with E-state index in [-0.39, 0.29) is 30.3 Å². The normalized spacial score (nSPS) is 14.0. The van der Waals surface area contributed by atoms with Gasteiger partial charge in [0, 0.05) is 62.0 Å². The van der Waals surface area contributed by atoms with E-state index >= 15 is 0 Å². The molecule has 184 valence electrons. The molecule has 2 N–H and O–H groups in total. The van der Waals surface area contributed by atoms with Gasteiger partial charge in [-0.15, -0.1) is 0 Å². The Bertz CT molecular complexity index is 1130. The lowest BCUT2D eigenvalue weighted by atomic mass is 9.97. The number of amides is 3. The van der Waals surface area contributed by atoms with Crippen molar-refractivity contribution in [2.45, 2.75) is 32.6 Å². The lowest BCUT2D eigenvalue weighted by molar-refractivity contribution is -0.131. The van der Waals surface area contributed by atoms with Gasteiger partial charge >= 0.3 is 6.03 Å². The molecule has 0 radical (unpaired) electrons. The van der Waals surface area contributed by atoms with E-state index in [1.54, 1.807) is 18.3 Å². The second kappa shape index (κ2) is 10.5. The van der Waals surface area contributed by atoms with Gasteiger partial charge in [-0.25, -0.2) is 9.78 Å². The number of hydrogen-bond acceptors (Lipinski definition) is 7. The average Bonchev–Trinajstić information content (AvgIpc) is 3.36. The first-order valence-corrected chi connectivity index (χ1v) is 11.7. The molecular weight excluding hydrogens is 446 g/mol. The van der Waals surface area contributed by atoms with Gasteiger partial charge < -0.3 is 25.0 Å². The molecule has 4 rings (SSSR count). The van der Waals surface area contributed by atoms with Crippen LogP contribution in [-0.2, 0) is 10.2 Å². The van der Waals surface area contributed by atoms with E-state index < -0.39 is 0 Å². The maximum atomic E-state index is 12.5. The highest BCUT2D eigenvalue weighted by Crippen LogP contribution is 2.24. The number of pyridine rings is 1. The summed E-state index contributed by atoms with van der Waals surface area (Å²) in [6, 6.07) is 12.6. The van der Waals surface area contributed by atoms with Gasteiger partial charge in [-0.1, -0.05) is 32.0 Å². The summed E-state index contributed by atoms with van der Waals surface area (Å²) in [6.45, 7) is 9.06. The third-order valence-corrected chi connectivity index (χ3v) is 5.70. The molecule has 10 nitrogen and oxygen atoms in total. The summed E-state index contributed by atoms with van der Waals surface area (Å²) in [7, 11) is 0. The number of nitrogens with zero attached hydrogens (tertiary/aromatic N) is 5. The molecule has 10 heteroatoms. The van der Waals surface area contributed by atoms with Crippen LogP contribution in [0.3, 0.4) is 0 Å². The first-order valence-electron chi connectivity index (χ1n) is 11.7. The number of urea groups is 1. The van der Waals surface area contributed by atoms with E-state index in [1.807, 2.05) is 56.0 Å².